The molecule has 3 heteroatoms. The van der Waals surface area contributed by atoms with Crippen LogP contribution in [-0.4, -0.2) is 18.0 Å². The molecule has 2 aromatic rings. The third kappa shape index (κ3) is 3.88. The van der Waals surface area contributed by atoms with Gasteiger partial charge in [0, 0.05) is 12.2 Å². The number of nitrogens with one attached hydrogen (secondary N) is 1. The summed E-state index contributed by atoms with van der Waals surface area (Å²) in [4.78, 5) is 2.55. The van der Waals surface area contributed by atoms with E-state index in [1.807, 2.05) is 12.1 Å². The van der Waals surface area contributed by atoms with Crippen molar-refractivity contribution in [2.45, 2.75) is 38.8 Å². The number of benzene rings is 1. The fraction of sp³-hybridized carbons (Fsp3) is 0.444. The van der Waals surface area contributed by atoms with E-state index in [-0.39, 0.29) is 6.04 Å². The minimum atomic E-state index is 0.188. The van der Waals surface area contributed by atoms with Gasteiger partial charge < -0.3 is 9.73 Å². The molecule has 21 heavy (non-hydrogen) atoms. The summed E-state index contributed by atoms with van der Waals surface area (Å²) in [7, 11) is 0. The molecule has 1 aromatic heterocycles. The summed E-state index contributed by atoms with van der Waals surface area (Å²) in [6.07, 6.45) is 5.81. The molecule has 1 aromatic carbocycles. The molecule has 3 rings (SSSR count). The molecule has 1 aliphatic rings. The number of anilines is 1. The van der Waals surface area contributed by atoms with Gasteiger partial charge in [0.2, 0.25) is 0 Å². The van der Waals surface area contributed by atoms with E-state index >= 15 is 0 Å². The lowest BCUT2D eigenvalue weighted by Crippen LogP contribution is -2.29. The summed E-state index contributed by atoms with van der Waals surface area (Å²) < 4.78 is 5.42. The van der Waals surface area contributed by atoms with E-state index in [4.69, 9.17) is 4.42 Å². The van der Waals surface area contributed by atoms with Gasteiger partial charge in [-0.3, -0.25) is 4.90 Å². The Balaban J connectivity index is 1.56. The number of rotatable bonds is 5. The second kappa shape index (κ2) is 6.81. The molecule has 1 N–H and O–H groups in total. The van der Waals surface area contributed by atoms with Crippen LogP contribution in [0.25, 0.3) is 0 Å². The van der Waals surface area contributed by atoms with Crippen LogP contribution >= 0.6 is 0 Å². The highest BCUT2D eigenvalue weighted by Crippen LogP contribution is 2.20. The maximum absolute atomic E-state index is 5.42. The lowest BCUT2D eigenvalue weighted by molar-refractivity contribution is 0.221. The molecule has 0 radical (unpaired) electrons. The van der Waals surface area contributed by atoms with Crippen molar-refractivity contribution >= 4 is 5.69 Å². The van der Waals surface area contributed by atoms with E-state index < -0.39 is 0 Å². The predicted octanol–water partition coefficient (Wildman–Crippen LogP) is 4.44. The fourth-order valence-corrected chi connectivity index (χ4v) is 2.94. The Morgan fingerprint density at radius 3 is 2.52 bits per heavy atom. The standard InChI is InChI=1S/C18H24N2O/c1-15(18-6-5-13-21-18)19-17-9-7-16(8-10-17)14-20-11-3-2-4-12-20/h5-10,13,15,19H,2-4,11-12,14H2,1H3. The summed E-state index contributed by atoms with van der Waals surface area (Å²) in [5.74, 6) is 0.965. The Morgan fingerprint density at radius 1 is 1.10 bits per heavy atom. The zero-order valence-corrected chi connectivity index (χ0v) is 12.7. The highest BCUT2D eigenvalue weighted by Gasteiger charge is 2.11. The van der Waals surface area contributed by atoms with Crippen molar-refractivity contribution in [1.29, 1.82) is 0 Å². The van der Waals surface area contributed by atoms with Crippen molar-refractivity contribution in [2.24, 2.45) is 0 Å². The maximum Gasteiger partial charge on any atom is 0.125 e. The molecule has 3 nitrogen and oxygen atoms in total. The molecule has 1 unspecified atom stereocenters. The summed E-state index contributed by atoms with van der Waals surface area (Å²) in [6.45, 7) is 5.68. The lowest BCUT2D eigenvalue weighted by Gasteiger charge is -2.26. The van der Waals surface area contributed by atoms with Gasteiger partial charge in [-0.05, 0) is 62.7 Å². The highest BCUT2D eigenvalue weighted by atomic mass is 16.3. The van der Waals surface area contributed by atoms with E-state index in [2.05, 4.69) is 41.4 Å². The molecule has 112 valence electrons. The first-order valence-corrected chi connectivity index (χ1v) is 7.92. The number of furan rings is 1. The molecular formula is C18H24N2O. The molecule has 2 heterocycles. The average Bonchev–Trinajstić information content (AvgIpc) is 3.05. The van der Waals surface area contributed by atoms with Crippen LogP contribution in [0.3, 0.4) is 0 Å². The molecule has 0 saturated carbocycles. The van der Waals surface area contributed by atoms with Crippen LogP contribution in [0.15, 0.2) is 47.1 Å². The van der Waals surface area contributed by atoms with Crippen molar-refractivity contribution in [1.82, 2.24) is 4.90 Å². The molecule has 0 amide bonds. The Labute approximate surface area is 127 Å². The van der Waals surface area contributed by atoms with E-state index in [1.165, 1.54) is 37.9 Å². The Morgan fingerprint density at radius 2 is 1.86 bits per heavy atom. The molecule has 1 fully saturated rings. The molecule has 0 aliphatic carbocycles. The third-order valence-electron chi connectivity index (χ3n) is 4.16. The second-order valence-corrected chi connectivity index (χ2v) is 5.92. The van der Waals surface area contributed by atoms with Crippen LogP contribution in [0, 0.1) is 0 Å². The van der Waals surface area contributed by atoms with Crippen molar-refractivity contribution in [3.8, 4) is 0 Å². The lowest BCUT2D eigenvalue weighted by atomic mass is 10.1. The van der Waals surface area contributed by atoms with Crippen LogP contribution in [-0.2, 0) is 6.54 Å². The normalized spacial score (nSPS) is 17.6. The van der Waals surface area contributed by atoms with Crippen molar-refractivity contribution in [3.05, 3.63) is 54.0 Å². The molecular weight excluding hydrogens is 260 g/mol. The van der Waals surface area contributed by atoms with Gasteiger partial charge in [0.15, 0.2) is 0 Å². The van der Waals surface area contributed by atoms with Gasteiger partial charge in [-0.1, -0.05) is 18.6 Å². The van der Waals surface area contributed by atoms with Gasteiger partial charge >= 0.3 is 0 Å². The van der Waals surface area contributed by atoms with E-state index in [9.17, 15) is 0 Å². The largest absolute Gasteiger partial charge is 0.467 e. The first-order valence-electron chi connectivity index (χ1n) is 7.92. The van der Waals surface area contributed by atoms with Crippen molar-refractivity contribution in [2.75, 3.05) is 18.4 Å². The van der Waals surface area contributed by atoms with E-state index in [0.29, 0.717) is 0 Å². The monoisotopic (exact) mass is 284 g/mol. The first-order chi connectivity index (χ1) is 10.3. The quantitative estimate of drug-likeness (QED) is 0.880. The maximum atomic E-state index is 5.42. The van der Waals surface area contributed by atoms with Crippen LogP contribution in [0.1, 0.15) is 43.6 Å². The smallest absolute Gasteiger partial charge is 0.125 e. The zero-order chi connectivity index (χ0) is 14.5. The SMILES string of the molecule is CC(Nc1ccc(CN2CCCCC2)cc1)c1ccco1. The molecule has 1 atom stereocenters. The number of hydrogen-bond donors (Lipinski definition) is 1. The number of piperidine rings is 1. The van der Waals surface area contributed by atoms with E-state index in [1.54, 1.807) is 6.26 Å². The zero-order valence-electron chi connectivity index (χ0n) is 12.7. The van der Waals surface area contributed by atoms with E-state index in [0.717, 1.165) is 18.0 Å². The minimum absolute atomic E-state index is 0.188. The predicted molar refractivity (Wildman–Crippen MR) is 86.3 cm³/mol. The number of hydrogen-bond acceptors (Lipinski definition) is 3. The highest BCUT2D eigenvalue weighted by molar-refractivity contribution is 5.46. The fourth-order valence-electron chi connectivity index (χ4n) is 2.94. The van der Waals surface area contributed by atoms with Gasteiger partial charge in [-0.25, -0.2) is 0 Å². The van der Waals surface area contributed by atoms with Gasteiger partial charge in [-0.15, -0.1) is 0 Å². The molecule has 1 saturated heterocycles. The summed E-state index contributed by atoms with van der Waals surface area (Å²) >= 11 is 0. The minimum Gasteiger partial charge on any atom is -0.467 e. The summed E-state index contributed by atoms with van der Waals surface area (Å²) in [6, 6.07) is 12.9. The second-order valence-electron chi connectivity index (χ2n) is 5.92. The van der Waals surface area contributed by atoms with Gasteiger partial charge in [-0.2, -0.15) is 0 Å². The van der Waals surface area contributed by atoms with Crippen molar-refractivity contribution in [3.63, 3.8) is 0 Å². The van der Waals surface area contributed by atoms with Gasteiger partial charge in [0.1, 0.15) is 5.76 Å². The summed E-state index contributed by atoms with van der Waals surface area (Å²) in [5, 5.41) is 3.47. The number of nitrogens with zero attached hydrogens (tertiary/aromatic N) is 1. The third-order valence-corrected chi connectivity index (χ3v) is 4.16. The van der Waals surface area contributed by atoms with Gasteiger partial charge in [0.25, 0.3) is 0 Å². The molecule has 0 bridgehead atoms. The first kappa shape index (κ1) is 14.2. The van der Waals surface area contributed by atoms with Gasteiger partial charge in [0.05, 0.1) is 12.3 Å². The van der Waals surface area contributed by atoms with Crippen LogP contribution in [0.2, 0.25) is 0 Å². The Kier molecular flexibility index (Phi) is 4.61. The van der Waals surface area contributed by atoms with Crippen molar-refractivity contribution < 1.29 is 4.42 Å². The topological polar surface area (TPSA) is 28.4 Å². The Hall–Kier alpha value is -1.74. The molecule has 1 aliphatic heterocycles. The van der Waals surface area contributed by atoms with Crippen LogP contribution in [0.5, 0.6) is 0 Å². The summed E-state index contributed by atoms with van der Waals surface area (Å²) in [5.41, 5.74) is 2.54. The average molecular weight is 284 g/mol. The van der Waals surface area contributed by atoms with Crippen LogP contribution in [0.4, 0.5) is 5.69 Å². The van der Waals surface area contributed by atoms with Crippen LogP contribution < -0.4 is 5.32 Å². The Bertz CT molecular complexity index is 527. The number of likely N-dealkylation sites (tertiary alicyclic amines) is 1. The molecule has 0 spiro atoms.